The molecule has 0 bridgehead atoms. The third kappa shape index (κ3) is 4.62. The molecule has 0 radical (unpaired) electrons. The van der Waals surface area contributed by atoms with E-state index < -0.39 is 0 Å². The van der Waals surface area contributed by atoms with Crippen LogP contribution in [0.2, 0.25) is 0 Å². The number of ether oxygens (including phenoxy) is 2. The number of aromatic amines is 1. The van der Waals surface area contributed by atoms with E-state index in [1.165, 1.54) is 32.1 Å². The predicted molar refractivity (Wildman–Crippen MR) is 101 cm³/mol. The number of aromatic nitrogens is 2. The number of carbonyl (C=O) groups is 1. The zero-order valence-corrected chi connectivity index (χ0v) is 15.7. The van der Waals surface area contributed by atoms with E-state index in [9.17, 15) is 4.79 Å². The third-order valence-electron chi connectivity index (χ3n) is 5.52. The molecule has 2 heterocycles. The average molecular weight is 369 g/mol. The zero-order chi connectivity index (χ0) is 18.5. The summed E-state index contributed by atoms with van der Waals surface area (Å²) in [5.41, 5.74) is 1.10. The van der Waals surface area contributed by atoms with Crippen molar-refractivity contribution in [2.45, 2.75) is 51.5 Å². The summed E-state index contributed by atoms with van der Waals surface area (Å²) in [5.74, 6) is 3.21. The number of imidazole rings is 1. The summed E-state index contributed by atoms with van der Waals surface area (Å²) >= 11 is 0. The Labute approximate surface area is 159 Å². The van der Waals surface area contributed by atoms with Gasteiger partial charge in [-0.1, -0.05) is 25.3 Å². The van der Waals surface area contributed by atoms with Gasteiger partial charge in [-0.2, -0.15) is 0 Å². The molecule has 144 valence electrons. The van der Waals surface area contributed by atoms with Crippen LogP contribution in [0.25, 0.3) is 0 Å². The van der Waals surface area contributed by atoms with Gasteiger partial charge in [-0.15, -0.1) is 0 Å². The number of aryl methyl sites for hydroxylation is 1. The van der Waals surface area contributed by atoms with Crippen molar-refractivity contribution in [3.8, 4) is 11.5 Å². The molecule has 6 nitrogen and oxygen atoms in total. The van der Waals surface area contributed by atoms with E-state index in [4.69, 9.17) is 9.47 Å². The highest BCUT2D eigenvalue weighted by Gasteiger charge is 2.22. The summed E-state index contributed by atoms with van der Waals surface area (Å²) in [5, 5.41) is 0. The fraction of sp³-hybridized carbons (Fsp3) is 0.524. The molecule has 2 aliphatic rings. The van der Waals surface area contributed by atoms with Crippen molar-refractivity contribution in [1.82, 2.24) is 14.9 Å². The minimum absolute atomic E-state index is 0.189. The van der Waals surface area contributed by atoms with Gasteiger partial charge < -0.3 is 19.4 Å². The Kier molecular flexibility index (Phi) is 5.61. The van der Waals surface area contributed by atoms with Gasteiger partial charge in [0.15, 0.2) is 11.5 Å². The molecule has 2 aromatic rings. The van der Waals surface area contributed by atoms with E-state index in [2.05, 4.69) is 9.97 Å². The Morgan fingerprint density at radius 3 is 2.85 bits per heavy atom. The standard InChI is InChI=1S/C21H27N3O3/c25-21(9-7-16-6-8-18-19(12-16)27-15-26-18)24(14-20-22-10-11-23-20)13-17-4-2-1-3-5-17/h6,8,10-12,17H,1-5,7,9,13-15H2,(H,22,23). The molecule has 1 aliphatic carbocycles. The molecule has 27 heavy (non-hydrogen) atoms. The average Bonchev–Trinajstić information content (AvgIpc) is 3.37. The first-order chi connectivity index (χ1) is 13.3. The second-order valence-electron chi connectivity index (χ2n) is 7.50. The first kappa shape index (κ1) is 17.9. The second-order valence-corrected chi connectivity index (χ2v) is 7.50. The van der Waals surface area contributed by atoms with E-state index in [1.54, 1.807) is 6.20 Å². The molecular weight excluding hydrogens is 342 g/mol. The number of H-pyrrole nitrogens is 1. The molecule has 0 saturated heterocycles. The van der Waals surface area contributed by atoms with Gasteiger partial charge in [-0.3, -0.25) is 4.79 Å². The SMILES string of the molecule is O=C(CCc1ccc2c(c1)OCO2)N(Cc1ncc[nH]1)CC1CCCCC1. The molecular formula is C21H27N3O3. The Bertz CT molecular complexity index is 754. The van der Waals surface area contributed by atoms with Crippen molar-refractivity contribution in [3.63, 3.8) is 0 Å². The van der Waals surface area contributed by atoms with Gasteiger partial charge in [0, 0.05) is 25.4 Å². The lowest BCUT2D eigenvalue weighted by Crippen LogP contribution is -2.36. The van der Waals surface area contributed by atoms with Crippen LogP contribution in [0, 0.1) is 5.92 Å². The highest BCUT2D eigenvalue weighted by Crippen LogP contribution is 2.33. The van der Waals surface area contributed by atoms with Crippen molar-refractivity contribution in [3.05, 3.63) is 42.0 Å². The van der Waals surface area contributed by atoms with Gasteiger partial charge >= 0.3 is 0 Å². The van der Waals surface area contributed by atoms with Crippen LogP contribution in [0.15, 0.2) is 30.6 Å². The van der Waals surface area contributed by atoms with Crippen LogP contribution in [0.4, 0.5) is 0 Å². The van der Waals surface area contributed by atoms with Crippen molar-refractivity contribution in [2.75, 3.05) is 13.3 Å². The van der Waals surface area contributed by atoms with Crippen LogP contribution >= 0.6 is 0 Å². The van der Waals surface area contributed by atoms with Gasteiger partial charge in [0.05, 0.1) is 6.54 Å². The normalized spacial score (nSPS) is 16.4. The Hall–Kier alpha value is -2.50. The number of rotatable bonds is 7. The molecule has 1 aromatic carbocycles. The minimum Gasteiger partial charge on any atom is -0.454 e. The maximum atomic E-state index is 13.0. The smallest absolute Gasteiger partial charge is 0.231 e. The highest BCUT2D eigenvalue weighted by molar-refractivity contribution is 5.76. The first-order valence-electron chi connectivity index (χ1n) is 9.92. The van der Waals surface area contributed by atoms with Crippen LogP contribution in [-0.4, -0.2) is 34.1 Å². The van der Waals surface area contributed by atoms with Crippen molar-refractivity contribution < 1.29 is 14.3 Å². The van der Waals surface area contributed by atoms with E-state index >= 15 is 0 Å². The maximum Gasteiger partial charge on any atom is 0.231 e. The fourth-order valence-corrected chi connectivity index (χ4v) is 4.01. The lowest BCUT2D eigenvalue weighted by molar-refractivity contribution is -0.132. The molecule has 1 aliphatic heterocycles. The fourth-order valence-electron chi connectivity index (χ4n) is 4.01. The highest BCUT2D eigenvalue weighted by atomic mass is 16.7. The van der Waals surface area contributed by atoms with Crippen molar-refractivity contribution in [1.29, 1.82) is 0 Å². The molecule has 0 unspecified atom stereocenters. The summed E-state index contributed by atoms with van der Waals surface area (Å²) in [7, 11) is 0. The monoisotopic (exact) mass is 369 g/mol. The Balaban J connectivity index is 1.38. The van der Waals surface area contributed by atoms with Gasteiger partial charge in [0.2, 0.25) is 12.7 Å². The summed E-state index contributed by atoms with van der Waals surface area (Å²) in [6.45, 7) is 1.67. The second kappa shape index (κ2) is 8.46. The van der Waals surface area contributed by atoms with Gasteiger partial charge in [-0.25, -0.2) is 4.98 Å². The van der Waals surface area contributed by atoms with E-state index in [1.807, 2.05) is 29.3 Å². The zero-order valence-electron chi connectivity index (χ0n) is 15.7. The molecule has 1 N–H and O–H groups in total. The predicted octanol–water partition coefficient (Wildman–Crippen LogP) is 3.68. The molecule has 1 aromatic heterocycles. The summed E-state index contributed by atoms with van der Waals surface area (Å²) in [6, 6.07) is 5.91. The molecule has 1 amide bonds. The molecule has 1 saturated carbocycles. The largest absolute Gasteiger partial charge is 0.454 e. The first-order valence-corrected chi connectivity index (χ1v) is 9.92. The number of nitrogens with zero attached hydrogens (tertiary/aromatic N) is 2. The molecule has 1 fully saturated rings. The lowest BCUT2D eigenvalue weighted by Gasteiger charge is -2.29. The van der Waals surface area contributed by atoms with Crippen LogP contribution in [0.3, 0.4) is 0 Å². The number of amides is 1. The van der Waals surface area contributed by atoms with Crippen molar-refractivity contribution >= 4 is 5.91 Å². The summed E-state index contributed by atoms with van der Waals surface area (Å²) in [4.78, 5) is 22.4. The van der Waals surface area contributed by atoms with Gasteiger partial charge in [0.25, 0.3) is 0 Å². The minimum atomic E-state index is 0.189. The van der Waals surface area contributed by atoms with Crippen LogP contribution in [-0.2, 0) is 17.8 Å². The number of hydrogen-bond donors (Lipinski definition) is 1. The Morgan fingerprint density at radius 2 is 2.04 bits per heavy atom. The lowest BCUT2D eigenvalue weighted by atomic mass is 9.89. The van der Waals surface area contributed by atoms with Gasteiger partial charge in [0.1, 0.15) is 5.82 Å². The molecule has 0 atom stereocenters. The molecule has 6 heteroatoms. The van der Waals surface area contributed by atoms with E-state index in [0.29, 0.717) is 25.3 Å². The number of carbonyl (C=O) groups excluding carboxylic acids is 1. The van der Waals surface area contributed by atoms with Crippen LogP contribution in [0.5, 0.6) is 11.5 Å². The van der Waals surface area contributed by atoms with Crippen LogP contribution in [0.1, 0.15) is 49.9 Å². The topological polar surface area (TPSA) is 67.5 Å². The van der Waals surface area contributed by atoms with Crippen molar-refractivity contribution in [2.24, 2.45) is 5.92 Å². The van der Waals surface area contributed by atoms with E-state index in [0.717, 1.165) is 29.4 Å². The van der Waals surface area contributed by atoms with Gasteiger partial charge in [-0.05, 0) is 42.9 Å². The van der Waals surface area contributed by atoms with E-state index in [-0.39, 0.29) is 12.7 Å². The number of benzene rings is 1. The molecule has 0 spiro atoms. The summed E-state index contributed by atoms with van der Waals surface area (Å²) in [6.07, 6.45) is 11.1. The molecule has 4 rings (SSSR count). The number of fused-ring (bicyclic) bond motifs is 1. The number of nitrogens with one attached hydrogen (secondary N) is 1. The third-order valence-corrected chi connectivity index (χ3v) is 5.52. The summed E-state index contributed by atoms with van der Waals surface area (Å²) < 4.78 is 10.8. The maximum absolute atomic E-state index is 13.0. The van der Waals surface area contributed by atoms with Crippen LogP contribution < -0.4 is 9.47 Å². The quantitative estimate of drug-likeness (QED) is 0.808. The Morgan fingerprint density at radius 1 is 1.19 bits per heavy atom. The number of hydrogen-bond acceptors (Lipinski definition) is 4.